The molecule has 27 heavy (non-hydrogen) atoms. The summed E-state index contributed by atoms with van der Waals surface area (Å²) in [5.74, 6) is 0.617. The van der Waals surface area contributed by atoms with Gasteiger partial charge in [-0.15, -0.1) is 0 Å². The Morgan fingerprint density at radius 2 is 1.48 bits per heavy atom. The van der Waals surface area contributed by atoms with Gasteiger partial charge in [0, 0.05) is 12.0 Å². The fourth-order valence-corrected chi connectivity index (χ4v) is 5.45. The third-order valence-corrected chi connectivity index (χ3v) is 7.07. The molecule has 1 aliphatic heterocycles. The van der Waals surface area contributed by atoms with Crippen molar-refractivity contribution in [1.29, 1.82) is 0 Å². The zero-order valence-corrected chi connectivity index (χ0v) is 17.1. The number of hydrogen-bond acceptors (Lipinski definition) is 4. The van der Waals surface area contributed by atoms with Gasteiger partial charge in [-0.2, -0.15) is 0 Å². The molecule has 0 spiro atoms. The highest BCUT2D eigenvalue weighted by Gasteiger charge is 2.48. The maximum atomic E-state index is 13.7. The Balaban J connectivity index is 2.13. The fourth-order valence-electron chi connectivity index (χ4n) is 3.51. The van der Waals surface area contributed by atoms with Crippen molar-refractivity contribution >= 4 is 13.4 Å². The molecular formula is C22H27O4P. The molecule has 2 aromatic carbocycles. The Labute approximate surface area is 161 Å². The first kappa shape index (κ1) is 19.9. The lowest BCUT2D eigenvalue weighted by Crippen LogP contribution is -2.24. The Morgan fingerprint density at radius 1 is 0.926 bits per heavy atom. The lowest BCUT2D eigenvalue weighted by Gasteiger charge is -2.29. The fraction of sp³-hybridized carbons (Fsp3) is 0.364. The molecule has 5 heteroatoms. The molecule has 1 atom stereocenters. The molecule has 1 aliphatic rings. The van der Waals surface area contributed by atoms with Crippen LogP contribution >= 0.6 is 7.60 Å². The average molecular weight is 386 g/mol. The van der Waals surface area contributed by atoms with Gasteiger partial charge in [-0.3, -0.25) is 4.57 Å². The van der Waals surface area contributed by atoms with Crippen LogP contribution in [0.15, 0.2) is 66.0 Å². The number of rotatable bonds is 8. The molecule has 0 saturated heterocycles. The summed E-state index contributed by atoms with van der Waals surface area (Å²) in [6.45, 7) is 6.37. The minimum atomic E-state index is -3.45. The summed E-state index contributed by atoms with van der Waals surface area (Å²) in [4.78, 5) is 0. The average Bonchev–Trinajstić information content (AvgIpc) is 3.12. The highest BCUT2D eigenvalue weighted by molar-refractivity contribution is 7.58. The quantitative estimate of drug-likeness (QED) is 0.496. The van der Waals surface area contributed by atoms with Crippen molar-refractivity contribution in [2.45, 2.75) is 39.2 Å². The van der Waals surface area contributed by atoms with Crippen LogP contribution in [-0.2, 0) is 24.0 Å². The minimum Gasteiger partial charge on any atom is -0.481 e. The predicted molar refractivity (Wildman–Crippen MR) is 108 cm³/mol. The lowest BCUT2D eigenvalue weighted by molar-refractivity contribution is 0.0525. The number of benzene rings is 2. The van der Waals surface area contributed by atoms with Crippen LogP contribution in [0, 0.1) is 0 Å². The topological polar surface area (TPSA) is 44.8 Å². The lowest BCUT2D eigenvalue weighted by atomic mass is 9.89. The van der Waals surface area contributed by atoms with Crippen LogP contribution < -0.4 is 0 Å². The smallest absolute Gasteiger partial charge is 0.361 e. The molecular weight excluding hydrogens is 359 g/mol. The van der Waals surface area contributed by atoms with Gasteiger partial charge >= 0.3 is 7.60 Å². The second-order valence-corrected chi connectivity index (χ2v) is 8.52. The zero-order valence-electron chi connectivity index (χ0n) is 16.2. The van der Waals surface area contributed by atoms with E-state index in [1.807, 2.05) is 62.4 Å². The summed E-state index contributed by atoms with van der Waals surface area (Å²) in [6, 6.07) is 19.9. The van der Waals surface area contributed by atoms with Gasteiger partial charge in [0.25, 0.3) is 0 Å². The normalized spacial score (nSPS) is 20.0. The van der Waals surface area contributed by atoms with Gasteiger partial charge in [-0.1, -0.05) is 67.6 Å². The van der Waals surface area contributed by atoms with E-state index in [4.69, 9.17) is 13.8 Å². The molecule has 0 saturated carbocycles. The molecule has 1 unspecified atom stereocenters. The van der Waals surface area contributed by atoms with Gasteiger partial charge in [-0.25, -0.2) is 0 Å². The first-order chi connectivity index (χ1) is 13.1. The SMILES string of the molecule is CCOP(=O)(OCC)C1=C(c2ccccc2)OC(CC)(c2ccccc2)C1. The number of hydrogen-bond donors (Lipinski definition) is 0. The molecule has 0 aromatic heterocycles. The highest BCUT2D eigenvalue weighted by Crippen LogP contribution is 2.65. The van der Waals surface area contributed by atoms with E-state index in [2.05, 4.69) is 19.1 Å². The van der Waals surface area contributed by atoms with Crippen molar-refractivity contribution in [2.24, 2.45) is 0 Å². The van der Waals surface area contributed by atoms with Crippen molar-refractivity contribution in [1.82, 2.24) is 0 Å². The maximum Gasteiger partial charge on any atom is 0.361 e. The molecule has 144 valence electrons. The van der Waals surface area contributed by atoms with Crippen molar-refractivity contribution < 1.29 is 18.3 Å². The molecule has 0 N–H and O–H groups in total. The van der Waals surface area contributed by atoms with E-state index in [1.54, 1.807) is 0 Å². The first-order valence-electron chi connectivity index (χ1n) is 9.51. The minimum absolute atomic E-state index is 0.313. The van der Waals surface area contributed by atoms with E-state index in [9.17, 15) is 4.57 Å². The van der Waals surface area contributed by atoms with E-state index < -0.39 is 13.2 Å². The second-order valence-electron chi connectivity index (χ2n) is 6.47. The summed E-state index contributed by atoms with van der Waals surface area (Å²) in [7, 11) is -3.45. The molecule has 0 fully saturated rings. The molecule has 1 heterocycles. The van der Waals surface area contributed by atoms with E-state index in [0.29, 0.717) is 30.7 Å². The molecule has 3 rings (SSSR count). The van der Waals surface area contributed by atoms with Crippen LogP contribution in [-0.4, -0.2) is 13.2 Å². The standard InChI is InChI=1S/C22H27O4P/c1-4-22(19-15-11-8-12-16-19)17-20(27(23,24-5-2)25-6-3)21(26-22)18-13-9-7-10-14-18/h7-16H,4-6,17H2,1-3H3. The van der Waals surface area contributed by atoms with Crippen LogP contribution in [0.1, 0.15) is 44.7 Å². The Hall–Kier alpha value is -1.87. The highest BCUT2D eigenvalue weighted by atomic mass is 31.2. The summed E-state index contributed by atoms with van der Waals surface area (Å²) >= 11 is 0. The first-order valence-corrected chi connectivity index (χ1v) is 11.1. The van der Waals surface area contributed by atoms with Gasteiger partial charge in [0.2, 0.25) is 0 Å². The van der Waals surface area contributed by atoms with Crippen molar-refractivity contribution in [3.05, 3.63) is 77.1 Å². The van der Waals surface area contributed by atoms with E-state index in [0.717, 1.165) is 17.5 Å². The zero-order chi connectivity index (χ0) is 19.3. The molecule has 0 amide bonds. The van der Waals surface area contributed by atoms with Crippen LogP contribution in [0.2, 0.25) is 0 Å². The predicted octanol–water partition coefficient (Wildman–Crippen LogP) is 6.35. The van der Waals surface area contributed by atoms with Crippen molar-refractivity contribution in [3.63, 3.8) is 0 Å². The molecule has 0 bridgehead atoms. The van der Waals surface area contributed by atoms with Gasteiger partial charge in [0.05, 0.1) is 18.5 Å². The summed E-state index contributed by atoms with van der Waals surface area (Å²) in [5, 5.41) is 0.628. The Kier molecular flexibility index (Phi) is 6.21. The summed E-state index contributed by atoms with van der Waals surface area (Å²) < 4.78 is 31.6. The van der Waals surface area contributed by atoms with Crippen LogP contribution in [0.3, 0.4) is 0 Å². The van der Waals surface area contributed by atoms with Crippen molar-refractivity contribution in [2.75, 3.05) is 13.2 Å². The van der Waals surface area contributed by atoms with Gasteiger partial charge in [-0.05, 0) is 25.8 Å². The van der Waals surface area contributed by atoms with Crippen LogP contribution in [0.4, 0.5) is 0 Å². The molecule has 0 aliphatic carbocycles. The van der Waals surface area contributed by atoms with Crippen LogP contribution in [0.5, 0.6) is 0 Å². The molecule has 0 radical (unpaired) electrons. The largest absolute Gasteiger partial charge is 0.481 e. The third kappa shape index (κ3) is 3.89. The van der Waals surface area contributed by atoms with Crippen LogP contribution in [0.25, 0.3) is 5.76 Å². The Bertz CT molecular complexity index is 822. The summed E-state index contributed by atoms with van der Waals surface area (Å²) in [6.07, 6.45) is 1.23. The third-order valence-electron chi connectivity index (χ3n) is 4.85. The van der Waals surface area contributed by atoms with E-state index >= 15 is 0 Å². The summed E-state index contributed by atoms with van der Waals surface area (Å²) in [5.41, 5.74) is 1.37. The second kappa shape index (κ2) is 8.43. The monoisotopic (exact) mass is 386 g/mol. The molecule has 2 aromatic rings. The van der Waals surface area contributed by atoms with E-state index in [1.165, 1.54) is 0 Å². The van der Waals surface area contributed by atoms with Gasteiger partial charge in [0.15, 0.2) is 0 Å². The van der Waals surface area contributed by atoms with Gasteiger partial charge < -0.3 is 13.8 Å². The van der Waals surface area contributed by atoms with Gasteiger partial charge in [0.1, 0.15) is 11.4 Å². The maximum absolute atomic E-state index is 13.7. The molecule has 4 nitrogen and oxygen atoms in total. The van der Waals surface area contributed by atoms with Crippen molar-refractivity contribution in [3.8, 4) is 0 Å². The Morgan fingerprint density at radius 3 is 2.00 bits per heavy atom. The van der Waals surface area contributed by atoms with E-state index in [-0.39, 0.29) is 0 Å². The number of ether oxygens (including phenoxy) is 1.